The van der Waals surface area contributed by atoms with E-state index in [1.165, 1.54) is 12.8 Å². The third-order valence-corrected chi connectivity index (χ3v) is 6.88. The molecule has 0 saturated carbocycles. The highest BCUT2D eigenvalue weighted by atomic mass is 35.5. The second-order valence-electron chi connectivity index (χ2n) is 8.21. The number of pyridine rings is 2. The van der Waals surface area contributed by atoms with Crippen LogP contribution in [0.4, 0.5) is 0 Å². The van der Waals surface area contributed by atoms with E-state index in [1.54, 1.807) is 12.4 Å². The number of likely N-dealkylation sites (N-methyl/N-ethyl adjacent to an activating group) is 2. The lowest BCUT2D eigenvalue weighted by atomic mass is 10.1. The Kier molecular flexibility index (Phi) is 6.98. The number of ether oxygens (including phenoxy) is 2. The summed E-state index contributed by atoms with van der Waals surface area (Å²) in [5.41, 5.74) is 1.88. The van der Waals surface area contributed by atoms with E-state index in [2.05, 4.69) is 33.9 Å². The fraction of sp³-hybridized carbons (Fsp3) is 0.545. The van der Waals surface area contributed by atoms with Gasteiger partial charge in [-0.05, 0) is 76.1 Å². The lowest BCUT2D eigenvalue weighted by Gasteiger charge is -2.37. The van der Waals surface area contributed by atoms with Gasteiger partial charge in [-0.2, -0.15) is 0 Å². The molecular formula is C22H28Cl2N4O2. The Bertz CT molecular complexity index is 811. The molecule has 0 N–H and O–H groups in total. The van der Waals surface area contributed by atoms with E-state index in [4.69, 9.17) is 32.7 Å². The van der Waals surface area contributed by atoms with Gasteiger partial charge in [0, 0.05) is 12.1 Å². The molecule has 2 unspecified atom stereocenters. The predicted molar refractivity (Wildman–Crippen MR) is 119 cm³/mol. The van der Waals surface area contributed by atoms with Crippen molar-refractivity contribution in [1.29, 1.82) is 0 Å². The first-order chi connectivity index (χ1) is 14.5. The summed E-state index contributed by atoms with van der Waals surface area (Å²) >= 11 is 12.7. The molecule has 0 spiro atoms. The number of hydrogen-bond acceptors (Lipinski definition) is 6. The van der Waals surface area contributed by atoms with Crippen LogP contribution in [0, 0.1) is 0 Å². The first kappa shape index (κ1) is 21.6. The molecule has 4 heterocycles. The van der Waals surface area contributed by atoms with E-state index in [0.717, 1.165) is 35.7 Å². The predicted octanol–water partition coefficient (Wildman–Crippen LogP) is 3.73. The molecule has 2 aromatic heterocycles. The molecule has 6 nitrogen and oxygen atoms in total. The SMILES string of the molecule is CN1CCC1COc1cnc(Cl)c(CCc2cc(OCC3CCN3C)cnc2Cl)c1. The molecule has 30 heavy (non-hydrogen) atoms. The first-order valence-electron chi connectivity index (χ1n) is 10.4. The van der Waals surface area contributed by atoms with Crippen LogP contribution in [0.5, 0.6) is 11.5 Å². The normalized spacial score (nSPS) is 21.7. The number of aryl methyl sites for hydroxylation is 2. The Morgan fingerprint density at radius 1 is 0.833 bits per heavy atom. The maximum atomic E-state index is 6.33. The molecular weight excluding hydrogens is 423 g/mol. The number of likely N-dealkylation sites (tertiary alicyclic amines) is 2. The second kappa shape index (κ2) is 9.69. The number of hydrogen-bond donors (Lipinski definition) is 0. The van der Waals surface area contributed by atoms with Gasteiger partial charge in [0.15, 0.2) is 0 Å². The lowest BCUT2D eigenvalue weighted by Crippen LogP contribution is -2.48. The van der Waals surface area contributed by atoms with Gasteiger partial charge in [0.25, 0.3) is 0 Å². The summed E-state index contributed by atoms with van der Waals surface area (Å²) < 4.78 is 11.8. The van der Waals surface area contributed by atoms with Crippen LogP contribution < -0.4 is 9.47 Å². The number of rotatable bonds is 9. The van der Waals surface area contributed by atoms with E-state index in [1.807, 2.05) is 12.1 Å². The van der Waals surface area contributed by atoms with E-state index in [-0.39, 0.29) is 0 Å². The molecule has 2 atom stereocenters. The van der Waals surface area contributed by atoms with Gasteiger partial charge in [0.05, 0.1) is 12.4 Å². The number of halogens is 2. The molecule has 2 fully saturated rings. The average Bonchev–Trinajstić information content (AvgIpc) is 2.73. The Balaban J connectivity index is 1.35. The smallest absolute Gasteiger partial charge is 0.138 e. The molecule has 2 aromatic rings. The molecule has 2 aliphatic rings. The molecule has 2 saturated heterocycles. The minimum Gasteiger partial charge on any atom is -0.490 e. The van der Waals surface area contributed by atoms with Crippen molar-refractivity contribution in [2.45, 2.75) is 37.8 Å². The van der Waals surface area contributed by atoms with Crippen molar-refractivity contribution in [2.24, 2.45) is 0 Å². The fourth-order valence-electron chi connectivity index (χ4n) is 3.67. The van der Waals surface area contributed by atoms with Crippen LogP contribution in [0.2, 0.25) is 10.3 Å². The van der Waals surface area contributed by atoms with Crippen LogP contribution >= 0.6 is 23.2 Å². The summed E-state index contributed by atoms with van der Waals surface area (Å²) in [6.45, 7) is 3.61. The van der Waals surface area contributed by atoms with Crippen LogP contribution in [0.15, 0.2) is 24.5 Å². The van der Waals surface area contributed by atoms with Crippen molar-refractivity contribution in [1.82, 2.24) is 19.8 Å². The highest BCUT2D eigenvalue weighted by molar-refractivity contribution is 6.30. The van der Waals surface area contributed by atoms with Crippen LogP contribution in [-0.4, -0.2) is 72.3 Å². The molecule has 0 amide bonds. The highest BCUT2D eigenvalue weighted by Gasteiger charge is 2.25. The number of aromatic nitrogens is 2. The van der Waals surface area contributed by atoms with Gasteiger partial charge >= 0.3 is 0 Å². The summed E-state index contributed by atoms with van der Waals surface area (Å²) in [6.07, 6.45) is 7.11. The number of nitrogens with zero attached hydrogens (tertiary/aromatic N) is 4. The standard InChI is InChI=1S/C22H28Cl2N4O2/c1-27-7-5-17(27)13-29-19-9-15(21(23)25-11-19)3-4-16-10-20(12-26-22(16)24)30-14-18-6-8-28(18)2/h9-12,17-18H,3-8,13-14H2,1-2H3. The van der Waals surface area contributed by atoms with Crippen molar-refractivity contribution in [3.63, 3.8) is 0 Å². The van der Waals surface area contributed by atoms with Gasteiger partial charge in [0.2, 0.25) is 0 Å². The Hall–Kier alpha value is -1.60. The first-order valence-corrected chi connectivity index (χ1v) is 11.2. The molecule has 162 valence electrons. The Morgan fingerprint density at radius 3 is 1.60 bits per heavy atom. The topological polar surface area (TPSA) is 50.7 Å². The van der Waals surface area contributed by atoms with Crippen molar-refractivity contribution >= 4 is 23.2 Å². The second-order valence-corrected chi connectivity index (χ2v) is 8.93. The van der Waals surface area contributed by atoms with Crippen LogP contribution in [-0.2, 0) is 12.8 Å². The van der Waals surface area contributed by atoms with E-state index >= 15 is 0 Å². The zero-order chi connectivity index (χ0) is 21.1. The molecule has 0 radical (unpaired) electrons. The van der Waals surface area contributed by atoms with E-state index in [0.29, 0.717) is 48.4 Å². The summed E-state index contributed by atoms with van der Waals surface area (Å²) in [7, 11) is 4.23. The molecule has 0 aromatic carbocycles. The van der Waals surface area contributed by atoms with Gasteiger partial charge in [0.1, 0.15) is 35.0 Å². The summed E-state index contributed by atoms with van der Waals surface area (Å²) in [4.78, 5) is 13.2. The zero-order valence-electron chi connectivity index (χ0n) is 17.5. The van der Waals surface area contributed by atoms with Crippen LogP contribution in [0.3, 0.4) is 0 Å². The molecule has 8 heteroatoms. The lowest BCUT2D eigenvalue weighted by molar-refractivity contribution is 0.0767. The minimum absolute atomic E-state index is 0.483. The van der Waals surface area contributed by atoms with Gasteiger partial charge in [-0.15, -0.1) is 0 Å². The monoisotopic (exact) mass is 450 g/mol. The fourth-order valence-corrected chi connectivity index (χ4v) is 4.06. The van der Waals surface area contributed by atoms with Crippen molar-refractivity contribution < 1.29 is 9.47 Å². The molecule has 0 bridgehead atoms. The van der Waals surface area contributed by atoms with Crippen molar-refractivity contribution in [3.8, 4) is 11.5 Å². The van der Waals surface area contributed by atoms with E-state index in [9.17, 15) is 0 Å². The maximum absolute atomic E-state index is 6.33. The Morgan fingerprint density at radius 2 is 1.27 bits per heavy atom. The van der Waals surface area contributed by atoms with Gasteiger partial charge in [-0.3, -0.25) is 9.80 Å². The van der Waals surface area contributed by atoms with Gasteiger partial charge < -0.3 is 9.47 Å². The third-order valence-electron chi connectivity index (χ3n) is 6.20. The molecule has 2 aliphatic heterocycles. The van der Waals surface area contributed by atoms with Crippen molar-refractivity contribution in [2.75, 3.05) is 40.4 Å². The highest BCUT2D eigenvalue weighted by Crippen LogP contribution is 2.26. The van der Waals surface area contributed by atoms with Gasteiger partial charge in [-0.1, -0.05) is 23.2 Å². The largest absolute Gasteiger partial charge is 0.490 e. The third kappa shape index (κ3) is 5.17. The van der Waals surface area contributed by atoms with Crippen LogP contribution in [0.1, 0.15) is 24.0 Å². The average molecular weight is 451 g/mol. The Labute approximate surface area is 188 Å². The summed E-state index contributed by atoms with van der Waals surface area (Å²) in [6, 6.07) is 4.91. The summed E-state index contributed by atoms with van der Waals surface area (Å²) in [5, 5.41) is 0.986. The quantitative estimate of drug-likeness (QED) is 0.542. The van der Waals surface area contributed by atoms with E-state index < -0.39 is 0 Å². The summed E-state index contributed by atoms with van der Waals surface area (Å²) in [5.74, 6) is 1.50. The molecule has 4 rings (SSSR count). The van der Waals surface area contributed by atoms with Gasteiger partial charge in [-0.25, -0.2) is 9.97 Å². The molecule has 0 aliphatic carbocycles. The van der Waals surface area contributed by atoms with Crippen LogP contribution in [0.25, 0.3) is 0 Å². The van der Waals surface area contributed by atoms with Crippen molar-refractivity contribution in [3.05, 3.63) is 46.0 Å². The zero-order valence-corrected chi connectivity index (χ0v) is 19.0. The maximum Gasteiger partial charge on any atom is 0.138 e. The minimum atomic E-state index is 0.483.